The molecule has 0 radical (unpaired) electrons. The van der Waals surface area contributed by atoms with E-state index in [4.69, 9.17) is 4.74 Å². The molecule has 1 aliphatic rings. The molecule has 2 amide bonds. The zero-order valence-electron chi connectivity index (χ0n) is 18.3. The Labute approximate surface area is 196 Å². The van der Waals surface area contributed by atoms with Crippen molar-refractivity contribution in [2.75, 3.05) is 25.0 Å². The third-order valence-corrected chi connectivity index (χ3v) is 6.68. The summed E-state index contributed by atoms with van der Waals surface area (Å²) in [5, 5.41) is 1.97. The Morgan fingerprint density at radius 3 is 2.34 bits per heavy atom. The number of ether oxygens (including phenoxy) is 1. The fourth-order valence-corrected chi connectivity index (χ4v) is 4.96. The maximum absolute atomic E-state index is 15.1. The van der Waals surface area contributed by atoms with E-state index >= 15 is 4.39 Å². The van der Waals surface area contributed by atoms with E-state index in [2.05, 4.69) is 4.72 Å². The SMILES string of the molecule is CCOC(=O)N1CC(C=O)C(NS(=O)(=O)c2cn(C)c(C(=O)Nc3cc(F)c(F)c(F)c3)c2F)C1. The summed E-state index contributed by atoms with van der Waals surface area (Å²) in [4.78, 5) is 36.0. The summed E-state index contributed by atoms with van der Waals surface area (Å²) in [6, 6.07) is -0.166. The second-order valence-corrected chi connectivity index (χ2v) is 9.29. The van der Waals surface area contributed by atoms with Gasteiger partial charge < -0.3 is 24.3 Å². The summed E-state index contributed by atoms with van der Waals surface area (Å²) in [6.45, 7) is 1.30. The largest absolute Gasteiger partial charge is 0.450 e. The van der Waals surface area contributed by atoms with Crippen molar-refractivity contribution in [2.24, 2.45) is 13.0 Å². The molecule has 0 aliphatic carbocycles. The van der Waals surface area contributed by atoms with Gasteiger partial charge in [-0.1, -0.05) is 0 Å². The minimum Gasteiger partial charge on any atom is -0.450 e. The number of aryl methyl sites for hydroxylation is 1. The van der Waals surface area contributed by atoms with Crippen LogP contribution in [0.4, 0.5) is 28.0 Å². The van der Waals surface area contributed by atoms with E-state index in [9.17, 15) is 36.0 Å². The Bertz CT molecular complexity index is 1260. The number of anilines is 1. The minimum atomic E-state index is -4.64. The predicted octanol–water partition coefficient (Wildman–Crippen LogP) is 1.77. The lowest BCUT2D eigenvalue weighted by Crippen LogP contribution is -2.41. The molecule has 0 bridgehead atoms. The van der Waals surface area contributed by atoms with Crippen LogP contribution in [-0.4, -0.2) is 61.9 Å². The number of hydrogen-bond donors (Lipinski definition) is 2. The first kappa shape index (κ1) is 26.2. The molecule has 1 aromatic carbocycles. The number of sulfonamides is 1. The molecule has 2 unspecified atom stereocenters. The van der Waals surface area contributed by atoms with Gasteiger partial charge in [-0.25, -0.2) is 35.5 Å². The van der Waals surface area contributed by atoms with Gasteiger partial charge in [0.1, 0.15) is 16.9 Å². The van der Waals surface area contributed by atoms with Crippen LogP contribution in [0.3, 0.4) is 0 Å². The van der Waals surface area contributed by atoms with E-state index in [0.717, 1.165) is 22.7 Å². The van der Waals surface area contributed by atoms with E-state index in [0.29, 0.717) is 18.4 Å². The van der Waals surface area contributed by atoms with Gasteiger partial charge in [-0.2, -0.15) is 0 Å². The second-order valence-electron chi connectivity index (χ2n) is 7.61. The number of halogens is 4. The van der Waals surface area contributed by atoms with Gasteiger partial charge in [-0.05, 0) is 6.92 Å². The molecule has 10 nitrogen and oxygen atoms in total. The molecular weight excluding hydrogens is 500 g/mol. The quantitative estimate of drug-likeness (QED) is 0.326. The number of rotatable bonds is 7. The highest BCUT2D eigenvalue weighted by Gasteiger charge is 2.39. The van der Waals surface area contributed by atoms with Gasteiger partial charge in [0.15, 0.2) is 23.3 Å². The maximum Gasteiger partial charge on any atom is 0.409 e. The molecule has 190 valence electrons. The number of carbonyl (C=O) groups excluding carboxylic acids is 3. The molecule has 2 heterocycles. The number of aromatic nitrogens is 1. The number of likely N-dealkylation sites (tertiary alicyclic amines) is 1. The van der Waals surface area contributed by atoms with E-state index in [1.165, 1.54) is 0 Å². The zero-order valence-corrected chi connectivity index (χ0v) is 19.2. The molecular formula is C20H20F4N4O6S. The van der Waals surface area contributed by atoms with Crippen LogP contribution in [-0.2, 0) is 26.6 Å². The molecule has 2 N–H and O–H groups in total. The first-order chi connectivity index (χ1) is 16.4. The summed E-state index contributed by atoms with van der Waals surface area (Å²) in [5.74, 6) is -8.65. The minimum absolute atomic E-state index is 0.0642. The average Bonchev–Trinajstić information content (AvgIpc) is 3.31. The number of carbonyl (C=O) groups is 3. The highest BCUT2D eigenvalue weighted by atomic mass is 32.2. The van der Waals surface area contributed by atoms with Crippen molar-refractivity contribution < 1.29 is 45.1 Å². The van der Waals surface area contributed by atoms with Crippen LogP contribution in [0.25, 0.3) is 0 Å². The normalized spacial score (nSPS) is 17.9. The molecule has 15 heteroatoms. The molecule has 1 saturated heterocycles. The predicted molar refractivity (Wildman–Crippen MR) is 112 cm³/mol. The molecule has 1 aromatic heterocycles. The summed E-state index contributed by atoms with van der Waals surface area (Å²) in [7, 11) is -3.49. The zero-order chi connectivity index (χ0) is 26.1. The van der Waals surface area contributed by atoms with E-state index in [-0.39, 0.29) is 19.7 Å². The standard InChI is InChI=1S/C20H20F4N4O6S/c1-3-34-20(31)28-6-10(9-29)14(7-28)26-35(32,33)15-8-27(2)18(17(15)24)19(30)25-11-4-12(21)16(23)13(22)5-11/h4-5,8-10,14,26H,3,6-7H2,1-2H3,(H,25,30). The topological polar surface area (TPSA) is 127 Å². The molecule has 0 saturated carbocycles. The number of hydrogen-bond acceptors (Lipinski definition) is 6. The summed E-state index contributed by atoms with van der Waals surface area (Å²) >= 11 is 0. The monoisotopic (exact) mass is 520 g/mol. The smallest absolute Gasteiger partial charge is 0.409 e. The van der Waals surface area contributed by atoms with Crippen molar-refractivity contribution in [3.63, 3.8) is 0 Å². The number of aldehydes is 1. The van der Waals surface area contributed by atoms with Crippen LogP contribution in [0.5, 0.6) is 0 Å². The maximum atomic E-state index is 15.1. The molecule has 0 spiro atoms. The van der Waals surface area contributed by atoms with Gasteiger partial charge in [0.05, 0.1) is 18.6 Å². The highest BCUT2D eigenvalue weighted by Crippen LogP contribution is 2.25. The lowest BCUT2D eigenvalue weighted by molar-refractivity contribution is -0.111. The Balaban J connectivity index is 1.83. The van der Waals surface area contributed by atoms with Crippen LogP contribution in [0.15, 0.2) is 23.2 Å². The van der Waals surface area contributed by atoms with Gasteiger partial charge in [0.25, 0.3) is 5.91 Å². The van der Waals surface area contributed by atoms with Crippen molar-refractivity contribution in [3.05, 3.63) is 47.3 Å². The molecule has 2 atom stereocenters. The van der Waals surface area contributed by atoms with Crippen LogP contribution < -0.4 is 10.0 Å². The van der Waals surface area contributed by atoms with Crippen molar-refractivity contribution >= 4 is 34.0 Å². The Hall–Kier alpha value is -3.46. The fraction of sp³-hybridized carbons (Fsp3) is 0.350. The van der Waals surface area contributed by atoms with Crippen LogP contribution in [0, 0.1) is 29.2 Å². The van der Waals surface area contributed by atoms with Crippen LogP contribution >= 0.6 is 0 Å². The Kier molecular flexibility index (Phi) is 7.50. The van der Waals surface area contributed by atoms with Gasteiger partial charge in [-0.3, -0.25) is 4.79 Å². The molecule has 1 aliphatic heterocycles. The van der Waals surface area contributed by atoms with E-state index < -0.39 is 73.5 Å². The molecule has 2 aromatic rings. The third kappa shape index (κ3) is 5.30. The van der Waals surface area contributed by atoms with Gasteiger partial charge >= 0.3 is 6.09 Å². The van der Waals surface area contributed by atoms with Crippen molar-refractivity contribution in [2.45, 2.75) is 17.9 Å². The summed E-state index contributed by atoms with van der Waals surface area (Å²) in [5.41, 5.74) is -1.34. The molecule has 1 fully saturated rings. The lowest BCUT2D eigenvalue weighted by atomic mass is 10.1. The number of benzene rings is 1. The van der Waals surface area contributed by atoms with E-state index in [1.54, 1.807) is 6.92 Å². The van der Waals surface area contributed by atoms with Crippen molar-refractivity contribution in [1.29, 1.82) is 0 Å². The Morgan fingerprint density at radius 2 is 1.77 bits per heavy atom. The first-order valence-corrected chi connectivity index (χ1v) is 11.6. The summed E-state index contributed by atoms with van der Waals surface area (Å²) in [6.07, 6.45) is 0.486. The van der Waals surface area contributed by atoms with Crippen LogP contribution in [0.2, 0.25) is 0 Å². The Morgan fingerprint density at radius 1 is 1.14 bits per heavy atom. The van der Waals surface area contributed by atoms with Gasteiger partial charge in [-0.15, -0.1) is 0 Å². The summed E-state index contributed by atoms with van der Waals surface area (Å²) < 4.78 is 88.5. The van der Waals surface area contributed by atoms with Gasteiger partial charge in [0.2, 0.25) is 10.0 Å². The van der Waals surface area contributed by atoms with Crippen LogP contribution in [0.1, 0.15) is 17.4 Å². The van der Waals surface area contributed by atoms with E-state index in [1.807, 2.05) is 5.32 Å². The number of nitrogens with one attached hydrogen (secondary N) is 2. The first-order valence-electron chi connectivity index (χ1n) is 10.1. The van der Waals surface area contributed by atoms with Crippen molar-refractivity contribution in [3.8, 4) is 0 Å². The second kappa shape index (κ2) is 10.0. The van der Waals surface area contributed by atoms with Crippen molar-refractivity contribution in [1.82, 2.24) is 14.2 Å². The average molecular weight is 520 g/mol. The highest BCUT2D eigenvalue weighted by molar-refractivity contribution is 7.89. The molecule has 35 heavy (non-hydrogen) atoms. The van der Waals surface area contributed by atoms with Gasteiger partial charge in [0, 0.05) is 44.2 Å². The number of nitrogens with zero attached hydrogens (tertiary/aromatic N) is 2. The lowest BCUT2D eigenvalue weighted by Gasteiger charge is -2.16. The number of amides is 2. The third-order valence-electron chi connectivity index (χ3n) is 5.21. The molecule has 3 rings (SSSR count). The fourth-order valence-electron chi connectivity index (χ4n) is 3.55.